The SMILES string of the molecule is c1ccc(-c2ccc(-c3nc(-c4ccccc4)nc(-c4ccc5cc6c(cc5c4)C4(c5ccccc5Oc5ccccc54)c4ccccc4-6)n3)cc2)cc1. The molecular weight excluding hydrogens is 659 g/mol. The number of ether oxygens (including phenoxy) is 1. The van der Waals surface area contributed by atoms with Gasteiger partial charge < -0.3 is 4.74 Å². The van der Waals surface area contributed by atoms with Gasteiger partial charge in [0.1, 0.15) is 11.5 Å². The summed E-state index contributed by atoms with van der Waals surface area (Å²) < 4.78 is 6.56. The van der Waals surface area contributed by atoms with Crippen LogP contribution in [-0.4, -0.2) is 15.0 Å². The van der Waals surface area contributed by atoms with Gasteiger partial charge in [0, 0.05) is 27.8 Å². The Labute approximate surface area is 313 Å². The van der Waals surface area contributed by atoms with E-state index in [0.29, 0.717) is 17.5 Å². The minimum atomic E-state index is -0.533. The van der Waals surface area contributed by atoms with Gasteiger partial charge in [-0.2, -0.15) is 0 Å². The molecule has 0 fully saturated rings. The summed E-state index contributed by atoms with van der Waals surface area (Å²) in [4.78, 5) is 15.2. The quantitative estimate of drug-likeness (QED) is 0.185. The summed E-state index contributed by atoms with van der Waals surface area (Å²) in [5.41, 5.74) is 11.9. The monoisotopic (exact) mass is 689 g/mol. The molecule has 1 spiro atoms. The Morgan fingerprint density at radius 2 is 0.796 bits per heavy atom. The Hall–Kier alpha value is -7.17. The van der Waals surface area contributed by atoms with E-state index >= 15 is 0 Å². The normalized spacial score (nSPS) is 13.1. The maximum atomic E-state index is 6.56. The van der Waals surface area contributed by atoms with Crippen molar-refractivity contribution in [3.05, 3.63) is 210 Å². The summed E-state index contributed by atoms with van der Waals surface area (Å²) in [6.45, 7) is 0. The number of nitrogens with zero attached hydrogens (tertiary/aromatic N) is 3. The van der Waals surface area contributed by atoms with Crippen molar-refractivity contribution in [1.82, 2.24) is 15.0 Å². The molecule has 0 unspecified atom stereocenters. The average molecular weight is 690 g/mol. The van der Waals surface area contributed by atoms with Crippen molar-refractivity contribution in [2.24, 2.45) is 0 Å². The molecule has 2 heterocycles. The first-order valence-corrected chi connectivity index (χ1v) is 18.3. The Kier molecular flexibility index (Phi) is 6.73. The molecule has 0 bridgehead atoms. The van der Waals surface area contributed by atoms with E-state index in [1.54, 1.807) is 0 Å². The Morgan fingerprint density at radius 1 is 0.315 bits per heavy atom. The predicted molar refractivity (Wildman–Crippen MR) is 216 cm³/mol. The first-order valence-electron chi connectivity index (χ1n) is 18.3. The first kappa shape index (κ1) is 30.5. The van der Waals surface area contributed by atoms with E-state index < -0.39 is 5.41 Å². The zero-order valence-electron chi connectivity index (χ0n) is 29.1. The lowest BCUT2D eigenvalue weighted by molar-refractivity contribution is 0.436. The van der Waals surface area contributed by atoms with Crippen LogP contribution in [-0.2, 0) is 5.41 Å². The summed E-state index contributed by atoms with van der Waals surface area (Å²) >= 11 is 0. The van der Waals surface area contributed by atoms with Crippen molar-refractivity contribution in [3.8, 4) is 67.9 Å². The zero-order chi connectivity index (χ0) is 35.6. The number of aromatic nitrogens is 3. The van der Waals surface area contributed by atoms with Crippen LogP contribution in [0.1, 0.15) is 22.3 Å². The highest BCUT2D eigenvalue weighted by Crippen LogP contribution is 2.62. The topological polar surface area (TPSA) is 47.9 Å². The van der Waals surface area contributed by atoms with Gasteiger partial charge in [0.2, 0.25) is 0 Å². The minimum Gasteiger partial charge on any atom is -0.457 e. The van der Waals surface area contributed by atoms with E-state index in [1.807, 2.05) is 36.4 Å². The summed E-state index contributed by atoms with van der Waals surface area (Å²) in [6.07, 6.45) is 0. The van der Waals surface area contributed by atoms with Gasteiger partial charge in [-0.3, -0.25) is 0 Å². The second kappa shape index (κ2) is 11.9. The fourth-order valence-corrected chi connectivity index (χ4v) is 8.53. The second-order valence-electron chi connectivity index (χ2n) is 14.0. The smallest absolute Gasteiger partial charge is 0.164 e. The largest absolute Gasteiger partial charge is 0.457 e. The zero-order valence-corrected chi connectivity index (χ0v) is 29.1. The molecule has 8 aromatic carbocycles. The molecule has 1 aliphatic heterocycles. The number of hydrogen-bond acceptors (Lipinski definition) is 4. The van der Waals surface area contributed by atoms with Gasteiger partial charge in [-0.1, -0.05) is 158 Å². The van der Waals surface area contributed by atoms with E-state index in [2.05, 4.69) is 152 Å². The molecule has 4 nitrogen and oxygen atoms in total. The first-order chi connectivity index (χ1) is 26.7. The molecule has 9 aromatic rings. The Bertz CT molecular complexity index is 2860. The van der Waals surface area contributed by atoms with Crippen molar-refractivity contribution >= 4 is 10.8 Å². The molecule has 0 saturated carbocycles. The van der Waals surface area contributed by atoms with Crippen LogP contribution in [0.3, 0.4) is 0 Å². The maximum Gasteiger partial charge on any atom is 0.164 e. The van der Waals surface area contributed by atoms with Gasteiger partial charge in [-0.15, -0.1) is 0 Å². The molecule has 2 aliphatic rings. The lowest BCUT2D eigenvalue weighted by Gasteiger charge is -2.39. The lowest BCUT2D eigenvalue weighted by atomic mass is 9.66. The summed E-state index contributed by atoms with van der Waals surface area (Å²) in [7, 11) is 0. The fraction of sp³-hybridized carbons (Fsp3) is 0.0200. The van der Waals surface area contributed by atoms with Gasteiger partial charge in [0.05, 0.1) is 5.41 Å². The minimum absolute atomic E-state index is 0.533. The van der Waals surface area contributed by atoms with Gasteiger partial charge in [-0.25, -0.2) is 15.0 Å². The molecule has 11 rings (SSSR count). The summed E-state index contributed by atoms with van der Waals surface area (Å²) in [5, 5.41) is 2.28. The molecule has 0 atom stereocenters. The van der Waals surface area contributed by atoms with Crippen LogP contribution >= 0.6 is 0 Å². The van der Waals surface area contributed by atoms with Crippen LogP contribution in [0.25, 0.3) is 67.2 Å². The Balaban J connectivity index is 1.10. The molecule has 252 valence electrons. The standard InChI is InChI=1S/C50H31N3O/c1-3-13-32(14-4-1)33-23-25-35(26-24-33)48-51-47(34-15-5-2-6-16-34)52-49(53-48)37-28-27-36-30-40-39-17-7-8-18-41(39)50(44(40)31-38(36)29-37)42-19-9-11-21-45(42)54-46-22-12-10-20-43(46)50/h1-31H. The van der Waals surface area contributed by atoms with Crippen LogP contribution in [0.2, 0.25) is 0 Å². The van der Waals surface area contributed by atoms with Gasteiger partial charge in [-0.05, 0) is 74.5 Å². The third-order valence-electron chi connectivity index (χ3n) is 11.0. The van der Waals surface area contributed by atoms with Crippen molar-refractivity contribution in [2.45, 2.75) is 5.41 Å². The molecule has 0 N–H and O–H groups in total. The van der Waals surface area contributed by atoms with Crippen LogP contribution in [0.5, 0.6) is 11.5 Å². The van der Waals surface area contributed by atoms with Crippen molar-refractivity contribution < 1.29 is 4.74 Å². The van der Waals surface area contributed by atoms with Crippen LogP contribution in [0.4, 0.5) is 0 Å². The number of para-hydroxylation sites is 2. The van der Waals surface area contributed by atoms with Crippen molar-refractivity contribution in [1.29, 1.82) is 0 Å². The van der Waals surface area contributed by atoms with Crippen LogP contribution < -0.4 is 4.74 Å². The molecule has 0 saturated heterocycles. The number of fused-ring (bicyclic) bond motifs is 10. The van der Waals surface area contributed by atoms with Gasteiger partial charge >= 0.3 is 0 Å². The molecule has 0 amide bonds. The highest BCUT2D eigenvalue weighted by Gasteiger charge is 2.51. The molecule has 1 aromatic heterocycles. The van der Waals surface area contributed by atoms with Gasteiger partial charge in [0.15, 0.2) is 17.5 Å². The number of hydrogen-bond donors (Lipinski definition) is 0. The molecule has 54 heavy (non-hydrogen) atoms. The Morgan fingerprint density at radius 3 is 1.46 bits per heavy atom. The van der Waals surface area contributed by atoms with E-state index in [0.717, 1.165) is 55.7 Å². The molecule has 4 heteroatoms. The molecular formula is C50H31N3O. The molecule has 1 aliphatic carbocycles. The molecule has 0 radical (unpaired) electrons. The fourth-order valence-electron chi connectivity index (χ4n) is 8.53. The predicted octanol–water partition coefficient (Wildman–Crippen LogP) is 12.2. The van der Waals surface area contributed by atoms with Crippen LogP contribution in [0.15, 0.2) is 188 Å². The third kappa shape index (κ3) is 4.60. The number of rotatable bonds is 4. The van der Waals surface area contributed by atoms with E-state index in [-0.39, 0.29) is 0 Å². The van der Waals surface area contributed by atoms with E-state index in [9.17, 15) is 0 Å². The maximum absolute atomic E-state index is 6.56. The van der Waals surface area contributed by atoms with E-state index in [4.69, 9.17) is 19.7 Å². The average Bonchev–Trinajstić information content (AvgIpc) is 3.52. The highest BCUT2D eigenvalue weighted by molar-refractivity contribution is 5.98. The third-order valence-corrected chi connectivity index (χ3v) is 11.0. The van der Waals surface area contributed by atoms with Crippen LogP contribution in [0, 0.1) is 0 Å². The summed E-state index contributed by atoms with van der Waals surface area (Å²) in [5.74, 6) is 3.68. The van der Waals surface area contributed by atoms with Crippen molar-refractivity contribution in [3.63, 3.8) is 0 Å². The lowest BCUT2D eigenvalue weighted by Crippen LogP contribution is -2.32. The second-order valence-corrected chi connectivity index (χ2v) is 14.0. The van der Waals surface area contributed by atoms with Gasteiger partial charge in [0.25, 0.3) is 0 Å². The van der Waals surface area contributed by atoms with Crippen molar-refractivity contribution in [2.75, 3.05) is 0 Å². The number of benzene rings is 8. The summed E-state index contributed by atoms with van der Waals surface area (Å²) in [6, 6.07) is 66.1. The highest BCUT2D eigenvalue weighted by atomic mass is 16.5. The van der Waals surface area contributed by atoms with E-state index in [1.165, 1.54) is 27.8 Å².